The molecule has 0 aliphatic carbocycles. The molecule has 6 heteroatoms. The molecule has 0 bridgehead atoms. The first-order chi connectivity index (χ1) is 3.48. The molecule has 0 aliphatic heterocycles. The summed E-state index contributed by atoms with van der Waals surface area (Å²) in [5.74, 6) is 0. The molecule has 0 unspecified atom stereocenters. The second-order valence-electron chi connectivity index (χ2n) is 1.42. The Balaban J connectivity index is 0. The van der Waals surface area contributed by atoms with E-state index in [2.05, 4.69) is 0 Å². The molecule has 0 saturated heterocycles. The quantitative estimate of drug-likeness (QED) is 0.394. The van der Waals surface area contributed by atoms with Crippen LogP contribution < -0.4 is 18.9 Å². The fourth-order valence-corrected chi connectivity index (χ4v) is 0.510. The largest absolute Gasteiger partial charge is 1.00 e. The third-order valence-electron chi connectivity index (χ3n) is 0.856. The molecule has 0 amide bonds. The minimum Gasteiger partial charge on any atom is -0.550 e. The van der Waals surface area contributed by atoms with E-state index >= 15 is 0 Å². The van der Waals surface area contributed by atoms with Crippen molar-refractivity contribution < 1.29 is 27.3 Å². The second-order valence-corrected chi connectivity index (χ2v) is 2.99. The molecular weight excluding hydrogens is 135 g/mol. The summed E-state index contributed by atoms with van der Waals surface area (Å²) in [5.41, 5.74) is 0. The van der Waals surface area contributed by atoms with Crippen molar-refractivity contribution >= 4 is 10.2 Å². The average Bonchev–Trinajstić information content (AvgIpc) is 1.62. The van der Waals surface area contributed by atoms with Crippen LogP contribution in [0.15, 0.2) is 0 Å². The zero-order valence-corrected chi connectivity index (χ0v) is 6.70. The van der Waals surface area contributed by atoms with Crippen LogP contribution >= 0.6 is 0 Å². The zero-order valence-electron chi connectivity index (χ0n) is 5.88. The fourth-order valence-electron chi connectivity index (χ4n) is 0.170. The maximum atomic E-state index is 10.2. The summed E-state index contributed by atoms with van der Waals surface area (Å²) in [6, 6.07) is 0. The third kappa shape index (κ3) is 4.94. The molecule has 0 heterocycles. The molecule has 0 rings (SSSR count). The van der Waals surface area contributed by atoms with Crippen molar-refractivity contribution in [1.29, 1.82) is 0 Å². The van der Waals surface area contributed by atoms with Crippen molar-refractivity contribution in [2.24, 2.45) is 0 Å². The first kappa shape index (κ1) is 12.2. The van der Waals surface area contributed by atoms with Gasteiger partial charge in [0.25, 0.3) is 0 Å². The van der Waals surface area contributed by atoms with Crippen molar-refractivity contribution in [3.63, 3.8) is 0 Å². The van der Waals surface area contributed by atoms with Gasteiger partial charge in [-0.2, -0.15) is 0 Å². The van der Waals surface area contributed by atoms with E-state index in [4.69, 9.17) is 5.14 Å². The second kappa shape index (κ2) is 4.31. The van der Waals surface area contributed by atoms with E-state index in [1.807, 2.05) is 0 Å². The van der Waals surface area contributed by atoms with Crippen LogP contribution in [0.25, 0.3) is 5.14 Å². The number of nitrogens with one attached hydrogen (secondary N) is 1. The van der Waals surface area contributed by atoms with Crippen LogP contribution in [0.5, 0.6) is 0 Å². The number of rotatable bonds is 2. The van der Waals surface area contributed by atoms with E-state index in [1.165, 1.54) is 7.05 Å². The van der Waals surface area contributed by atoms with Crippen LogP contribution in [0.4, 0.5) is 0 Å². The molecule has 0 aromatic rings. The van der Waals surface area contributed by atoms with Gasteiger partial charge >= 0.3 is 18.9 Å². The number of nitrogens with zero attached hydrogens (tertiary/aromatic N) is 1. The van der Waals surface area contributed by atoms with Crippen LogP contribution in [0.2, 0.25) is 0 Å². The Morgan fingerprint density at radius 3 is 1.89 bits per heavy atom. The number of hydrogen-bond donors (Lipinski definition) is 0. The van der Waals surface area contributed by atoms with Crippen LogP contribution in [-0.2, 0) is 10.2 Å². The van der Waals surface area contributed by atoms with Crippen molar-refractivity contribution in [1.82, 2.24) is 4.31 Å². The summed E-state index contributed by atoms with van der Waals surface area (Å²) >= 11 is 0. The Morgan fingerprint density at radius 2 is 1.89 bits per heavy atom. The molecule has 0 aromatic carbocycles. The zero-order chi connectivity index (χ0) is 6.78. The fraction of sp³-hybridized carbons (Fsp3) is 1.00. The Morgan fingerprint density at radius 1 is 1.56 bits per heavy atom. The van der Waals surface area contributed by atoms with Crippen LogP contribution in [0, 0.1) is 0 Å². The van der Waals surface area contributed by atoms with E-state index in [0.717, 1.165) is 4.31 Å². The van der Waals surface area contributed by atoms with Gasteiger partial charge in [-0.05, 0) is 0 Å². The summed E-state index contributed by atoms with van der Waals surface area (Å²) in [5, 5.41) is 6.44. The normalized spacial score (nSPS) is 11.1. The summed E-state index contributed by atoms with van der Waals surface area (Å²) in [6.07, 6.45) is 0. The van der Waals surface area contributed by atoms with Gasteiger partial charge in [-0.1, -0.05) is 6.92 Å². The van der Waals surface area contributed by atoms with E-state index < -0.39 is 10.2 Å². The van der Waals surface area contributed by atoms with Crippen molar-refractivity contribution in [3.05, 3.63) is 5.14 Å². The molecule has 50 valence electrons. The van der Waals surface area contributed by atoms with E-state index in [1.54, 1.807) is 6.92 Å². The van der Waals surface area contributed by atoms with Gasteiger partial charge in [-0.3, -0.25) is 0 Å². The van der Waals surface area contributed by atoms with Gasteiger partial charge < -0.3 is 5.14 Å². The van der Waals surface area contributed by atoms with Crippen molar-refractivity contribution in [2.75, 3.05) is 13.6 Å². The summed E-state index contributed by atoms with van der Waals surface area (Å²) in [6.45, 7) is 2.03. The molecule has 0 aromatic heterocycles. The summed E-state index contributed by atoms with van der Waals surface area (Å²) < 4.78 is 21.3. The van der Waals surface area contributed by atoms with Crippen LogP contribution in [-0.4, -0.2) is 26.3 Å². The maximum absolute atomic E-state index is 10.2. The van der Waals surface area contributed by atoms with Gasteiger partial charge in [0.15, 0.2) is 0 Å². The topological polar surface area (TPSA) is 61.2 Å². The first-order valence-electron chi connectivity index (χ1n) is 2.19. The maximum Gasteiger partial charge on any atom is 1.00 e. The molecule has 0 aliphatic rings. The monoisotopic (exact) mass is 144 g/mol. The molecule has 0 radical (unpaired) electrons. The summed E-state index contributed by atoms with van der Waals surface area (Å²) in [4.78, 5) is 0. The molecule has 1 N–H and O–H groups in total. The summed E-state index contributed by atoms with van der Waals surface area (Å²) in [7, 11) is -2.31. The van der Waals surface area contributed by atoms with Gasteiger partial charge in [-0.15, -0.1) is 0 Å². The minimum atomic E-state index is -3.67. The Hall–Kier alpha value is 0.467. The third-order valence-corrected chi connectivity index (χ3v) is 1.93. The standard InChI is InChI=1S/C3H9N2O2S.Li/c1-3-5(2)8(4,6)7;/h3H2,1-2H3,(H-,4,6,7);/q-1;+1. The van der Waals surface area contributed by atoms with Crippen LogP contribution in [0.3, 0.4) is 0 Å². The van der Waals surface area contributed by atoms with Gasteiger partial charge in [-0.25, -0.2) is 12.7 Å². The Kier molecular flexibility index (Phi) is 5.83. The molecule has 0 fully saturated rings. The van der Waals surface area contributed by atoms with E-state index in [-0.39, 0.29) is 18.9 Å². The molecule has 0 atom stereocenters. The van der Waals surface area contributed by atoms with Gasteiger partial charge in [0.1, 0.15) is 10.2 Å². The van der Waals surface area contributed by atoms with E-state index in [9.17, 15) is 8.42 Å². The minimum absolute atomic E-state index is 0. The molecule has 0 spiro atoms. The predicted molar refractivity (Wildman–Crippen MR) is 31.5 cm³/mol. The molecule has 9 heavy (non-hydrogen) atoms. The van der Waals surface area contributed by atoms with Gasteiger partial charge in [0.05, 0.1) is 0 Å². The van der Waals surface area contributed by atoms with Crippen molar-refractivity contribution in [2.45, 2.75) is 6.92 Å². The average molecular weight is 144 g/mol. The van der Waals surface area contributed by atoms with Gasteiger partial charge in [0.2, 0.25) is 0 Å². The predicted octanol–water partition coefficient (Wildman–Crippen LogP) is -2.76. The SMILES string of the molecule is CCN(C)S([NH-])(=O)=O.[Li+]. The molecule has 4 nitrogen and oxygen atoms in total. The Labute approximate surface area is 67.8 Å². The molecular formula is C3H9LiN2O2S. The van der Waals surface area contributed by atoms with Crippen molar-refractivity contribution in [3.8, 4) is 0 Å². The molecule has 0 saturated carbocycles. The van der Waals surface area contributed by atoms with E-state index in [0.29, 0.717) is 6.54 Å². The smallest absolute Gasteiger partial charge is 0.550 e. The first-order valence-corrected chi connectivity index (χ1v) is 3.63. The Bertz CT molecular complexity index is 155. The number of hydrogen-bond acceptors (Lipinski definition) is 2. The van der Waals surface area contributed by atoms with Crippen LogP contribution in [0.1, 0.15) is 6.92 Å². The van der Waals surface area contributed by atoms with Gasteiger partial charge in [0, 0.05) is 13.6 Å².